The quantitative estimate of drug-likeness (QED) is 0.470. The first-order valence-corrected chi connectivity index (χ1v) is 11.1. The van der Waals surface area contributed by atoms with Gasteiger partial charge in [-0.05, 0) is 55.2 Å². The molecule has 0 saturated heterocycles. The number of amides is 3. The van der Waals surface area contributed by atoms with Crippen molar-refractivity contribution >= 4 is 23.7 Å². The highest BCUT2D eigenvalue weighted by atomic mass is 16.7. The van der Waals surface area contributed by atoms with Crippen molar-refractivity contribution in [2.75, 3.05) is 13.3 Å². The van der Waals surface area contributed by atoms with Crippen molar-refractivity contribution in [3.8, 4) is 11.5 Å². The van der Waals surface area contributed by atoms with Crippen molar-refractivity contribution in [3.05, 3.63) is 58.7 Å². The van der Waals surface area contributed by atoms with E-state index < -0.39 is 23.9 Å². The first-order chi connectivity index (χ1) is 16.2. The van der Waals surface area contributed by atoms with E-state index in [1.54, 1.807) is 18.2 Å². The molecule has 34 heavy (non-hydrogen) atoms. The summed E-state index contributed by atoms with van der Waals surface area (Å²) in [6, 6.07) is 9.56. The lowest BCUT2D eigenvalue weighted by Crippen LogP contribution is -2.35. The van der Waals surface area contributed by atoms with Gasteiger partial charge in [0.2, 0.25) is 6.79 Å². The maximum atomic E-state index is 12.7. The maximum Gasteiger partial charge on any atom is 0.338 e. The van der Waals surface area contributed by atoms with E-state index in [9.17, 15) is 19.2 Å². The van der Waals surface area contributed by atoms with Gasteiger partial charge in [-0.25, -0.2) is 4.79 Å². The summed E-state index contributed by atoms with van der Waals surface area (Å²) >= 11 is 0. The number of hydrogen-bond donors (Lipinski definition) is 1. The summed E-state index contributed by atoms with van der Waals surface area (Å²) < 4.78 is 15.9. The number of esters is 1. The molecule has 2 aliphatic rings. The summed E-state index contributed by atoms with van der Waals surface area (Å²) in [5.74, 6) is -0.421. The average molecular weight is 466 g/mol. The molecule has 178 valence electrons. The van der Waals surface area contributed by atoms with Gasteiger partial charge in [-0.3, -0.25) is 19.3 Å². The SMILES string of the molecule is CC(C)CCN1C(=O)c2ccc(C(=O)O[C@@H](C)C(=O)NCc3ccc4c(c3)OCO4)cc2C1=O. The van der Waals surface area contributed by atoms with Crippen LogP contribution < -0.4 is 14.8 Å². The van der Waals surface area contributed by atoms with Crippen LogP contribution in [-0.2, 0) is 16.1 Å². The molecule has 0 saturated carbocycles. The Labute approximate surface area is 197 Å². The van der Waals surface area contributed by atoms with Crippen LogP contribution in [0.25, 0.3) is 0 Å². The minimum absolute atomic E-state index is 0.0982. The standard InChI is InChI=1S/C25H26N2O7/c1-14(2)8-9-27-23(29)18-6-5-17(11-19(18)24(27)30)25(31)34-15(3)22(28)26-12-16-4-7-20-21(10-16)33-13-32-20/h4-7,10-11,14-15H,8-9,12-13H2,1-3H3,(H,26,28)/t15-/m0/s1. The molecule has 0 bridgehead atoms. The van der Waals surface area contributed by atoms with Gasteiger partial charge in [-0.2, -0.15) is 0 Å². The predicted octanol–water partition coefficient (Wildman–Crippen LogP) is 2.92. The second kappa shape index (κ2) is 9.54. The summed E-state index contributed by atoms with van der Waals surface area (Å²) in [7, 11) is 0. The summed E-state index contributed by atoms with van der Waals surface area (Å²) in [5.41, 5.74) is 1.34. The van der Waals surface area contributed by atoms with E-state index >= 15 is 0 Å². The molecule has 2 heterocycles. The number of imide groups is 1. The molecular weight excluding hydrogens is 440 g/mol. The van der Waals surface area contributed by atoms with E-state index in [0.29, 0.717) is 30.4 Å². The number of hydrogen-bond acceptors (Lipinski definition) is 7. The lowest BCUT2D eigenvalue weighted by Gasteiger charge is -2.14. The van der Waals surface area contributed by atoms with Gasteiger partial charge in [0.05, 0.1) is 16.7 Å². The van der Waals surface area contributed by atoms with Gasteiger partial charge in [0.15, 0.2) is 17.6 Å². The van der Waals surface area contributed by atoms with E-state index in [0.717, 1.165) is 5.56 Å². The summed E-state index contributed by atoms with van der Waals surface area (Å²) in [5, 5.41) is 2.71. The van der Waals surface area contributed by atoms with Crippen LogP contribution in [0.3, 0.4) is 0 Å². The molecule has 0 radical (unpaired) electrons. The highest BCUT2D eigenvalue weighted by Gasteiger charge is 2.36. The van der Waals surface area contributed by atoms with E-state index in [2.05, 4.69) is 5.32 Å². The molecule has 0 aromatic heterocycles. The van der Waals surface area contributed by atoms with Crippen LogP contribution in [0, 0.1) is 5.92 Å². The van der Waals surface area contributed by atoms with Crippen LogP contribution in [0.1, 0.15) is 63.8 Å². The third kappa shape index (κ3) is 4.73. The van der Waals surface area contributed by atoms with Crippen molar-refractivity contribution < 1.29 is 33.4 Å². The Morgan fingerprint density at radius 3 is 2.50 bits per heavy atom. The Hall–Kier alpha value is -3.88. The zero-order chi connectivity index (χ0) is 24.4. The van der Waals surface area contributed by atoms with Crippen molar-refractivity contribution in [3.63, 3.8) is 0 Å². The number of benzene rings is 2. The molecule has 2 aromatic rings. The van der Waals surface area contributed by atoms with Gasteiger partial charge >= 0.3 is 5.97 Å². The van der Waals surface area contributed by atoms with Crippen LogP contribution in [-0.4, -0.2) is 48.0 Å². The molecule has 0 unspecified atom stereocenters. The monoisotopic (exact) mass is 466 g/mol. The lowest BCUT2D eigenvalue weighted by molar-refractivity contribution is -0.129. The molecule has 9 heteroatoms. The minimum atomic E-state index is -1.06. The highest BCUT2D eigenvalue weighted by molar-refractivity contribution is 6.22. The topological polar surface area (TPSA) is 111 Å². The fraction of sp³-hybridized carbons (Fsp3) is 0.360. The molecule has 9 nitrogen and oxygen atoms in total. The maximum absolute atomic E-state index is 12.7. The fourth-order valence-corrected chi connectivity index (χ4v) is 3.67. The predicted molar refractivity (Wildman–Crippen MR) is 121 cm³/mol. The number of carbonyl (C=O) groups is 4. The van der Waals surface area contributed by atoms with Crippen LogP contribution in [0.2, 0.25) is 0 Å². The molecule has 0 fully saturated rings. The molecule has 4 rings (SSSR count). The van der Waals surface area contributed by atoms with E-state index in [1.165, 1.54) is 30.0 Å². The number of nitrogens with zero attached hydrogens (tertiary/aromatic N) is 1. The third-order valence-corrected chi connectivity index (χ3v) is 5.69. The molecule has 0 spiro atoms. The fourth-order valence-electron chi connectivity index (χ4n) is 3.67. The van der Waals surface area contributed by atoms with Gasteiger partial charge in [-0.15, -0.1) is 0 Å². The van der Waals surface area contributed by atoms with Crippen molar-refractivity contribution in [2.24, 2.45) is 5.92 Å². The first kappa shape index (κ1) is 23.3. The molecule has 3 amide bonds. The second-order valence-corrected chi connectivity index (χ2v) is 8.66. The Bertz CT molecular complexity index is 1160. The normalized spacial score (nSPS) is 14.9. The highest BCUT2D eigenvalue weighted by Crippen LogP contribution is 2.32. The van der Waals surface area contributed by atoms with E-state index in [4.69, 9.17) is 14.2 Å². The minimum Gasteiger partial charge on any atom is -0.454 e. The Balaban J connectivity index is 1.35. The largest absolute Gasteiger partial charge is 0.454 e. The van der Waals surface area contributed by atoms with Crippen LogP contribution in [0.4, 0.5) is 0 Å². The summed E-state index contributed by atoms with van der Waals surface area (Å²) in [6.45, 7) is 6.19. The third-order valence-electron chi connectivity index (χ3n) is 5.69. The molecule has 1 atom stereocenters. The first-order valence-electron chi connectivity index (χ1n) is 11.1. The van der Waals surface area contributed by atoms with Crippen LogP contribution in [0.5, 0.6) is 11.5 Å². The summed E-state index contributed by atoms with van der Waals surface area (Å²) in [6.07, 6.45) is -0.367. The zero-order valence-electron chi connectivity index (χ0n) is 19.3. The Kier molecular flexibility index (Phi) is 6.54. The second-order valence-electron chi connectivity index (χ2n) is 8.66. The zero-order valence-corrected chi connectivity index (χ0v) is 19.3. The van der Waals surface area contributed by atoms with Crippen LogP contribution >= 0.6 is 0 Å². The molecule has 0 aliphatic carbocycles. The number of fused-ring (bicyclic) bond motifs is 2. The van der Waals surface area contributed by atoms with E-state index in [1.807, 2.05) is 13.8 Å². The Morgan fingerprint density at radius 1 is 1.00 bits per heavy atom. The lowest BCUT2D eigenvalue weighted by atomic mass is 10.1. The van der Waals surface area contributed by atoms with Gasteiger partial charge in [0.25, 0.3) is 17.7 Å². The van der Waals surface area contributed by atoms with Crippen LogP contribution in [0.15, 0.2) is 36.4 Å². The van der Waals surface area contributed by atoms with Gasteiger partial charge in [0.1, 0.15) is 0 Å². The number of ether oxygens (including phenoxy) is 3. The molecule has 1 N–H and O–H groups in total. The van der Waals surface area contributed by atoms with Crippen molar-refractivity contribution in [1.29, 1.82) is 0 Å². The average Bonchev–Trinajstić information content (AvgIpc) is 3.38. The van der Waals surface area contributed by atoms with Gasteiger partial charge < -0.3 is 19.5 Å². The van der Waals surface area contributed by atoms with Crippen molar-refractivity contribution in [2.45, 2.75) is 39.8 Å². The van der Waals surface area contributed by atoms with Gasteiger partial charge in [-0.1, -0.05) is 19.9 Å². The van der Waals surface area contributed by atoms with Gasteiger partial charge in [0, 0.05) is 13.1 Å². The molecular formula is C25H26N2O7. The molecule has 2 aliphatic heterocycles. The number of carbonyl (C=O) groups excluding carboxylic acids is 4. The van der Waals surface area contributed by atoms with E-state index in [-0.39, 0.29) is 35.9 Å². The molecule has 2 aromatic carbocycles. The summed E-state index contributed by atoms with van der Waals surface area (Å²) in [4.78, 5) is 51.5. The number of nitrogens with one attached hydrogen (secondary N) is 1. The van der Waals surface area contributed by atoms with Crippen molar-refractivity contribution in [1.82, 2.24) is 10.2 Å². The smallest absolute Gasteiger partial charge is 0.338 e. The number of rotatable bonds is 8. The Morgan fingerprint density at radius 2 is 1.74 bits per heavy atom.